The van der Waals surface area contributed by atoms with Crippen LogP contribution in [0.15, 0.2) is 36.5 Å². The molecule has 0 atom stereocenters. The average Bonchev–Trinajstić information content (AvgIpc) is 3.06. The third kappa shape index (κ3) is 4.01. The van der Waals surface area contributed by atoms with Gasteiger partial charge < -0.3 is 14.8 Å². The lowest BCUT2D eigenvalue weighted by Crippen LogP contribution is -2.35. The average molecular weight is 398 g/mol. The topological polar surface area (TPSA) is 63.7 Å². The number of pyridine rings is 1. The van der Waals surface area contributed by atoms with Gasteiger partial charge in [0, 0.05) is 30.5 Å². The van der Waals surface area contributed by atoms with E-state index < -0.39 is 0 Å². The molecule has 1 saturated heterocycles. The molecule has 28 heavy (non-hydrogen) atoms. The van der Waals surface area contributed by atoms with Crippen molar-refractivity contribution in [3.63, 3.8) is 0 Å². The molecule has 1 aromatic carbocycles. The number of fused-ring (bicyclic) bond motifs is 1. The Labute approximate surface area is 168 Å². The number of hydrogen-bond donors (Lipinski definition) is 1. The fraction of sp³-hybridized carbons (Fsp3) is 0.333. The fourth-order valence-corrected chi connectivity index (χ4v) is 4.41. The maximum Gasteiger partial charge on any atom is 0.267 e. The monoisotopic (exact) mass is 397 g/mol. The van der Waals surface area contributed by atoms with Crippen molar-refractivity contribution in [2.24, 2.45) is 0 Å². The van der Waals surface area contributed by atoms with Crippen molar-refractivity contribution in [1.29, 1.82) is 0 Å². The first-order valence-corrected chi connectivity index (χ1v) is 10.1. The number of anilines is 1. The molecule has 1 amide bonds. The molecule has 0 unspecified atom stereocenters. The van der Waals surface area contributed by atoms with E-state index in [9.17, 15) is 4.79 Å². The number of amides is 1. The highest BCUT2D eigenvalue weighted by Gasteiger charge is 2.17. The fourth-order valence-electron chi connectivity index (χ4n) is 3.33. The van der Waals surface area contributed by atoms with E-state index in [1.165, 1.54) is 11.3 Å². The van der Waals surface area contributed by atoms with Crippen LogP contribution in [0.1, 0.15) is 20.8 Å². The van der Waals surface area contributed by atoms with E-state index in [1.807, 2.05) is 43.5 Å². The van der Waals surface area contributed by atoms with Gasteiger partial charge in [0.1, 0.15) is 11.6 Å². The van der Waals surface area contributed by atoms with Crippen molar-refractivity contribution in [1.82, 2.24) is 9.88 Å². The molecular formula is C21H23N3O3S. The van der Waals surface area contributed by atoms with Gasteiger partial charge in [-0.1, -0.05) is 6.07 Å². The van der Waals surface area contributed by atoms with Gasteiger partial charge in [0.25, 0.3) is 5.91 Å². The molecule has 6 nitrogen and oxygen atoms in total. The molecule has 1 aliphatic heterocycles. The van der Waals surface area contributed by atoms with Gasteiger partial charge in [-0.2, -0.15) is 0 Å². The number of nitrogens with zero attached hydrogens (tertiary/aromatic N) is 2. The van der Waals surface area contributed by atoms with Crippen LogP contribution >= 0.6 is 11.3 Å². The number of rotatable bonds is 5. The van der Waals surface area contributed by atoms with Crippen LogP contribution in [-0.4, -0.2) is 49.2 Å². The molecule has 0 radical (unpaired) electrons. The Hall–Kier alpha value is -2.48. The summed E-state index contributed by atoms with van der Waals surface area (Å²) >= 11 is 1.48. The molecule has 3 heterocycles. The zero-order valence-corrected chi connectivity index (χ0v) is 16.8. The van der Waals surface area contributed by atoms with E-state index in [4.69, 9.17) is 9.47 Å². The van der Waals surface area contributed by atoms with Crippen molar-refractivity contribution in [3.05, 3.63) is 52.5 Å². The molecule has 0 spiro atoms. The summed E-state index contributed by atoms with van der Waals surface area (Å²) in [5.74, 6) is 1.22. The predicted octanol–water partition coefficient (Wildman–Crippen LogP) is 3.70. The number of aryl methyl sites for hydroxylation is 1. The molecule has 2 aromatic heterocycles. The molecule has 3 aromatic rings. The van der Waals surface area contributed by atoms with Crippen LogP contribution in [0.4, 0.5) is 5.82 Å². The molecule has 0 aliphatic carbocycles. The predicted molar refractivity (Wildman–Crippen MR) is 111 cm³/mol. The first-order chi connectivity index (χ1) is 13.6. The number of hydrogen-bond acceptors (Lipinski definition) is 6. The van der Waals surface area contributed by atoms with Gasteiger partial charge in [-0.25, -0.2) is 4.98 Å². The first kappa shape index (κ1) is 18.9. The minimum Gasteiger partial charge on any atom is -0.497 e. The van der Waals surface area contributed by atoms with E-state index in [-0.39, 0.29) is 5.91 Å². The van der Waals surface area contributed by atoms with Gasteiger partial charge in [0.05, 0.1) is 25.2 Å². The molecule has 4 rings (SSSR count). The molecule has 1 fully saturated rings. The number of carbonyl (C=O) groups excluding carboxylic acids is 1. The number of methoxy groups -OCH3 is 1. The van der Waals surface area contributed by atoms with Gasteiger partial charge in [0.2, 0.25) is 0 Å². The Morgan fingerprint density at radius 1 is 1.29 bits per heavy atom. The van der Waals surface area contributed by atoms with Crippen LogP contribution in [0.3, 0.4) is 0 Å². The van der Waals surface area contributed by atoms with Gasteiger partial charge in [-0.05, 0) is 47.7 Å². The quantitative estimate of drug-likeness (QED) is 0.711. The lowest BCUT2D eigenvalue weighted by atomic mass is 10.1. The van der Waals surface area contributed by atoms with Gasteiger partial charge in [-0.15, -0.1) is 11.3 Å². The maximum absolute atomic E-state index is 12.8. The van der Waals surface area contributed by atoms with E-state index in [1.54, 1.807) is 7.11 Å². The maximum atomic E-state index is 12.8. The Balaban J connectivity index is 1.46. The summed E-state index contributed by atoms with van der Waals surface area (Å²) in [5, 5.41) is 3.96. The van der Waals surface area contributed by atoms with Crippen molar-refractivity contribution in [2.45, 2.75) is 13.5 Å². The second-order valence-electron chi connectivity index (χ2n) is 6.81. The highest BCUT2D eigenvalue weighted by molar-refractivity contribution is 7.21. The summed E-state index contributed by atoms with van der Waals surface area (Å²) < 4.78 is 11.7. The zero-order chi connectivity index (χ0) is 19.5. The van der Waals surface area contributed by atoms with Crippen LogP contribution in [-0.2, 0) is 11.3 Å². The number of carbonyl (C=O) groups is 1. The van der Waals surface area contributed by atoms with Gasteiger partial charge >= 0.3 is 0 Å². The summed E-state index contributed by atoms with van der Waals surface area (Å²) in [4.78, 5) is 20.2. The summed E-state index contributed by atoms with van der Waals surface area (Å²) in [5.41, 5.74) is 2.09. The van der Waals surface area contributed by atoms with Crippen LogP contribution in [0.5, 0.6) is 5.75 Å². The minimum atomic E-state index is -0.133. The van der Waals surface area contributed by atoms with Crippen molar-refractivity contribution in [2.75, 3.05) is 38.7 Å². The lowest BCUT2D eigenvalue weighted by molar-refractivity contribution is 0.0341. The van der Waals surface area contributed by atoms with E-state index in [0.29, 0.717) is 10.7 Å². The second kappa shape index (κ2) is 8.26. The van der Waals surface area contributed by atoms with E-state index in [2.05, 4.69) is 15.2 Å². The zero-order valence-electron chi connectivity index (χ0n) is 16.0. The number of thiophene rings is 1. The summed E-state index contributed by atoms with van der Waals surface area (Å²) in [7, 11) is 1.64. The third-order valence-corrected chi connectivity index (χ3v) is 6.20. The Bertz CT molecular complexity index is 978. The highest BCUT2D eigenvalue weighted by atomic mass is 32.1. The summed E-state index contributed by atoms with van der Waals surface area (Å²) in [6.07, 6.45) is 1.83. The van der Waals surface area contributed by atoms with Crippen molar-refractivity contribution >= 4 is 33.1 Å². The van der Waals surface area contributed by atoms with Crippen LogP contribution in [0.25, 0.3) is 10.1 Å². The number of nitrogens with one attached hydrogen (secondary N) is 1. The van der Waals surface area contributed by atoms with Gasteiger partial charge in [-0.3, -0.25) is 9.69 Å². The molecule has 0 bridgehead atoms. The van der Waals surface area contributed by atoms with Crippen LogP contribution in [0.2, 0.25) is 0 Å². The Morgan fingerprint density at radius 2 is 2.11 bits per heavy atom. The largest absolute Gasteiger partial charge is 0.497 e. The minimum absolute atomic E-state index is 0.133. The standard InChI is InChI=1S/C21H23N3O3S/c1-14-17-11-16(26-2)4-5-18(17)28-20(14)21(25)23-19-6-3-15(12-22-19)13-24-7-9-27-10-8-24/h3-6,11-12H,7-10,13H2,1-2H3,(H,22,23,25). The molecule has 7 heteroatoms. The Morgan fingerprint density at radius 3 is 2.82 bits per heavy atom. The smallest absolute Gasteiger partial charge is 0.267 e. The summed E-state index contributed by atoms with van der Waals surface area (Å²) in [6.45, 7) is 6.25. The molecule has 1 N–H and O–H groups in total. The van der Waals surface area contributed by atoms with E-state index in [0.717, 1.165) is 59.8 Å². The SMILES string of the molecule is COc1ccc2sc(C(=O)Nc3ccc(CN4CCOCC4)cn3)c(C)c2c1. The molecule has 0 saturated carbocycles. The molecule has 1 aliphatic rings. The molecular weight excluding hydrogens is 374 g/mol. The third-order valence-electron chi connectivity index (χ3n) is 4.93. The number of morpholine rings is 1. The van der Waals surface area contributed by atoms with E-state index >= 15 is 0 Å². The first-order valence-electron chi connectivity index (χ1n) is 9.27. The van der Waals surface area contributed by atoms with Crippen LogP contribution in [0, 0.1) is 6.92 Å². The number of ether oxygens (including phenoxy) is 2. The van der Waals surface area contributed by atoms with Gasteiger partial charge in [0.15, 0.2) is 0 Å². The highest BCUT2D eigenvalue weighted by Crippen LogP contribution is 2.33. The van der Waals surface area contributed by atoms with Crippen molar-refractivity contribution < 1.29 is 14.3 Å². The number of benzene rings is 1. The second-order valence-corrected chi connectivity index (χ2v) is 7.86. The normalized spacial score (nSPS) is 14.9. The Kier molecular flexibility index (Phi) is 5.57. The van der Waals surface area contributed by atoms with Crippen molar-refractivity contribution in [3.8, 4) is 5.75 Å². The van der Waals surface area contributed by atoms with Crippen LogP contribution < -0.4 is 10.1 Å². The lowest BCUT2D eigenvalue weighted by Gasteiger charge is -2.26. The summed E-state index contributed by atoms with van der Waals surface area (Å²) in [6, 6.07) is 9.74. The number of aromatic nitrogens is 1. The molecule has 146 valence electrons.